The number of rotatable bonds is 1. The molecule has 62 valence electrons. The van der Waals surface area contributed by atoms with E-state index in [1.807, 2.05) is 11.8 Å². The lowest BCUT2D eigenvalue weighted by Gasteiger charge is -2.14. The van der Waals surface area contributed by atoms with Crippen molar-refractivity contribution in [2.24, 2.45) is 5.92 Å². The second-order valence-electron chi connectivity index (χ2n) is 3.19. The van der Waals surface area contributed by atoms with E-state index in [2.05, 4.69) is 0 Å². The summed E-state index contributed by atoms with van der Waals surface area (Å²) in [6.07, 6.45) is 3.11. The Morgan fingerprint density at radius 3 is 2.91 bits per heavy atom. The van der Waals surface area contributed by atoms with Crippen LogP contribution < -0.4 is 0 Å². The van der Waals surface area contributed by atoms with E-state index >= 15 is 0 Å². The maximum absolute atomic E-state index is 10.8. The normalized spacial score (nSPS) is 37.6. The third kappa shape index (κ3) is 1.53. The van der Waals surface area contributed by atoms with Gasteiger partial charge in [-0.05, 0) is 24.3 Å². The first-order valence-corrected chi connectivity index (χ1v) is 5.29. The molecule has 11 heavy (non-hydrogen) atoms. The maximum Gasteiger partial charge on any atom is 0.306 e. The Bertz CT molecular complexity index is 163. The molecule has 2 aliphatic heterocycles. The molecule has 0 N–H and O–H groups in total. The van der Waals surface area contributed by atoms with Gasteiger partial charge >= 0.3 is 5.97 Å². The van der Waals surface area contributed by atoms with Gasteiger partial charge in [0.1, 0.15) is 6.10 Å². The van der Waals surface area contributed by atoms with Crippen LogP contribution in [0.3, 0.4) is 0 Å². The third-order valence-electron chi connectivity index (χ3n) is 2.41. The van der Waals surface area contributed by atoms with Gasteiger partial charge in [-0.25, -0.2) is 0 Å². The van der Waals surface area contributed by atoms with E-state index in [1.54, 1.807) is 0 Å². The van der Waals surface area contributed by atoms with Crippen LogP contribution in [0, 0.1) is 5.92 Å². The van der Waals surface area contributed by atoms with E-state index in [-0.39, 0.29) is 12.1 Å². The summed E-state index contributed by atoms with van der Waals surface area (Å²) in [6, 6.07) is 0. The molecule has 0 bridgehead atoms. The summed E-state index contributed by atoms with van der Waals surface area (Å²) in [7, 11) is 0. The van der Waals surface area contributed by atoms with E-state index in [1.165, 1.54) is 17.9 Å². The van der Waals surface area contributed by atoms with E-state index < -0.39 is 0 Å². The fourth-order valence-corrected chi connectivity index (χ4v) is 3.04. The van der Waals surface area contributed by atoms with Crippen molar-refractivity contribution in [1.82, 2.24) is 0 Å². The first-order valence-electron chi connectivity index (χ1n) is 4.13. The molecular weight excluding hydrogens is 160 g/mol. The van der Waals surface area contributed by atoms with Crippen molar-refractivity contribution < 1.29 is 9.53 Å². The molecule has 2 aliphatic rings. The Morgan fingerprint density at radius 1 is 1.45 bits per heavy atom. The quantitative estimate of drug-likeness (QED) is 0.560. The summed E-state index contributed by atoms with van der Waals surface area (Å²) in [5.41, 5.74) is 0. The zero-order valence-electron chi connectivity index (χ0n) is 6.41. The summed E-state index contributed by atoms with van der Waals surface area (Å²) in [6.45, 7) is 0. The maximum atomic E-state index is 10.8. The van der Waals surface area contributed by atoms with E-state index in [0.29, 0.717) is 12.3 Å². The largest absolute Gasteiger partial charge is 0.462 e. The SMILES string of the molecule is O=C1CCC(C2CCSC2)O1. The minimum Gasteiger partial charge on any atom is -0.462 e. The Hall–Kier alpha value is -0.180. The second-order valence-corrected chi connectivity index (χ2v) is 4.34. The van der Waals surface area contributed by atoms with Crippen LogP contribution in [-0.2, 0) is 9.53 Å². The number of ether oxygens (including phenoxy) is 1. The lowest BCUT2D eigenvalue weighted by atomic mass is 10.00. The molecule has 0 aliphatic carbocycles. The van der Waals surface area contributed by atoms with Crippen LogP contribution >= 0.6 is 11.8 Å². The lowest BCUT2D eigenvalue weighted by molar-refractivity contribution is -0.142. The van der Waals surface area contributed by atoms with E-state index in [0.717, 1.165) is 6.42 Å². The number of hydrogen-bond donors (Lipinski definition) is 0. The smallest absolute Gasteiger partial charge is 0.306 e. The summed E-state index contributed by atoms with van der Waals surface area (Å²) in [5, 5.41) is 0. The van der Waals surface area contributed by atoms with Crippen LogP contribution in [0.25, 0.3) is 0 Å². The van der Waals surface area contributed by atoms with Crippen LogP contribution in [0.4, 0.5) is 0 Å². The number of esters is 1. The molecule has 0 aromatic heterocycles. The Labute approximate surface area is 70.7 Å². The minimum atomic E-state index is 0.00639. The monoisotopic (exact) mass is 172 g/mol. The highest BCUT2D eigenvalue weighted by atomic mass is 32.2. The van der Waals surface area contributed by atoms with Crippen LogP contribution in [-0.4, -0.2) is 23.6 Å². The first-order chi connectivity index (χ1) is 5.36. The van der Waals surface area contributed by atoms with Crippen molar-refractivity contribution >= 4 is 17.7 Å². The van der Waals surface area contributed by atoms with Crippen molar-refractivity contribution in [3.05, 3.63) is 0 Å². The molecule has 3 heteroatoms. The summed E-state index contributed by atoms with van der Waals surface area (Å²) in [5.74, 6) is 3.11. The van der Waals surface area contributed by atoms with Gasteiger partial charge in [-0.2, -0.15) is 11.8 Å². The van der Waals surface area contributed by atoms with Gasteiger partial charge < -0.3 is 4.74 Å². The molecule has 2 atom stereocenters. The van der Waals surface area contributed by atoms with Crippen LogP contribution in [0.1, 0.15) is 19.3 Å². The van der Waals surface area contributed by atoms with Gasteiger partial charge in [0.05, 0.1) is 0 Å². The fourth-order valence-electron chi connectivity index (χ4n) is 1.72. The molecule has 0 saturated carbocycles. The van der Waals surface area contributed by atoms with Gasteiger partial charge in [0.25, 0.3) is 0 Å². The Balaban J connectivity index is 1.90. The average molecular weight is 172 g/mol. The Morgan fingerprint density at radius 2 is 2.36 bits per heavy atom. The molecular formula is C8H12O2S. The van der Waals surface area contributed by atoms with Crippen LogP contribution in [0.15, 0.2) is 0 Å². The highest BCUT2D eigenvalue weighted by molar-refractivity contribution is 7.99. The molecule has 0 spiro atoms. The predicted octanol–water partition coefficient (Wildman–Crippen LogP) is 1.45. The van der Waals surface area contributed by atoms with Crippen molar-refractivity contribution in [2.75, 3.05) is 11.5 Å². The van der Waals surface area contributed by atoms with Gasteiger partial charge in [0.15, 0.2) is 0 Å². The number of cyclic esters (lactones) is 1. The average Bonchev–Trinajstić information content (AvgIpc) is 2.55. The van der Waals surface area contributed by atoms with Gasteiger partial charge in [-0.1, -0.05) is 0 Å². The minimum absolute atomic E-state index is 0.00639. The summed E-state index contributed by atoms with van der Waals surface area (Å²) >= 11 is 1.98. The van der Waals surface area contributed by atoms with Gasteiger partial charge in [-0.3, -0.25) is 4.79 Å². The molecule has 2 unspecified atom stereocenters. The first kappa shape index (κ1) is 7.47. The molecule has 2 saturated heterocycles. The molecule has 0 amide bonds. The summed E-state index contributed by atoms with van der Waals surface area (Å²) in [4.78, 5) is 10.8. The number of carbonyl (C=O) groups excluding carboxylic acids is 1. The van der Waals surface area contributed by atoms with Gasteiger partial charge in [0.2, 0.25) is 0 Å². The molecule has 2 heterocycles. The zero-order chi connectivity index (χ0) is 7.68. The molecule has 0 aromatic carbocycles. The standard InChI is InChI=1S/C8H12O2S/c9-8-2-1-7(10-8)6-3-4-11-5-6/h6-7H,1-5H2. The van der Waals surface area contributed by atoms with E-state index in [9.17, 15) is 4.79 Å². The fraction of sp³-hybridized carbons (Fsp3) is 0.875. The lowest BCUT2D eigenvalue weighted by Crippen LogP contribution is -2.19. The molecule has 0 aromatic rings. The molecule has 2 nitrogen and oxygen atoms in total. The topological polar surface area (TPSA) is 26.3 Å². The predicted molar refractivity (Wildman–Crippen MR) is 44.5 cm³/mol. The number of hydrogen-bond acceptors (Lipinski definition) is 3. The summed E-state index contributed by atoms with van der Waals surface area (Å²) < 4.78 is 5.19. The van der Waals surface area contributed by atoms with Crippen molar-refractivity contribution in [1.29, 1.82) is 0 Å². The number of thioether (sulfide) groups is 1. The zero-order valence-corrected chi connectivity index (χ0v) is 7.23. The molecule has 0 radical (unpaired) electrons. The second kappa shape index (κ2) is 3.05. The van der Waals surface area contributed by atoms with Crippen molar-refractivity contribution in [3.63, 3.8) is 0 Å². The number of carbonyl (C=O) groups is 1. The molecule has 2 fully saturated rings. The van der Waals surface area contributed by atoms with Crippen molar-refractivity contribution in [2.45, 2.75) is 25.4 Å². The Kier molecular flexibility index (Phi) is 2.07. The highest BCUT2D eigenvalue weighted by Gasteiger charge is 2.32. The molecule has 2 rings (SSSR count). The van der Waals surface area contributed by atoms with E-state index in [4.69, 9.17) is 4.74 Å². The van der Waals surface area contributed by atoms with Gasteiger partial charge in [0, 0.05) is 12.3 Å². The highest BCUT2D eigenvalue weighted by Crippen LogP contribution is 2.32. The van der Waals surface area contributed by atoms with Crippen molar-refractivity contribution in [3.8, 4) is 0 Å². The van der Waals surface area contributed by atoms with Crippen LogP contribution in [0.2, 0.25) is 0 Å². The van der Waals surface area contributed by atoms with Crippen LogP contribution in [0.5, 0.6) is 0 Å². The van der Waals surface area contributed by atoms with Gasteiger partial charge in [-0.15, -0.1) is 0 Å². The third-order valence-corrected chi connectivity index (χ3v) is 3.59.